The SMILES string of the molecule is O=C(CCC(=O)N1CCC(c2ccccc2)=N1)N1CCN(c2ncnc3sccc23)CC1. The fraction of sp³-hybridized carbons (Fsp3) is 0.348. The number of benzene rings is 1. The van der Waals surface area contributed by atoms with Gasteiger partial charge in [-0.05, 0) is 17.0 Å². The van der Waals surface area contributed by atoms with E-state index in [2.05, 4.69) is 20.0 Å². The Kier molecular flexibility index (Phi) is 5.81. The number of fused-ring (bicyclic) bond motifs is 1. The Labute approximate surface area is 190 Å². The van der Waals surface area contributed by atoms with Gasteiger partial charge in [0, 0.05) is 45.4 Å². The van der Waals surface area contributed by atoms with Crippen LogP contribution >= 0.6 is 11.3 Å². The lowest BCUT2D eigenvalue weighted by atomic mass is 10.1. The fourth-order valence-corrected chi connectivity index (χ4v) is 4.90. The smallest absolute Gasteiger partial charge is 0.243 e. The van der Waals surface area contributed by atoms with E-state index in [9.17, 15) is 9.59 Å². The minimum atomic E-state index is -0.0937. The molecule has 0 atom stereocenters. The summed E-state index contributed by atoms with van der Waals surface area (Å²) in [6.07, 6.45) is 2.74. The first kappa shape index (κ1) is 20.6. The zero-order valence-electron chi connectivity index (χ0n) is 17.7. The maximum Gasteiger partial charge on any atom is 0.243 e. The van der Waals surface area contributed by atoms with Crippen molar-refractivity contribution < 1.29 is 9.59 Å². The maximum atomic E-state index is 12.7. The minimum absolute atomic E-state index is 0.0211. The van der Waals surface area contributed by atoms with Gasteiger partial charge >= 0.3 is 0 Å². The molecule has 5 rings (SSSR count). The van der Waals surface area contributed by atoms with Crippen molar-refractivity contribution in [2.24, 2.45) is 5.10 Å². The Hall–Kier alpha value is -3.33. The summed E-state index contributed by atoms with van der Waals surface area (Å²) in [5, 5.41) is 9.06. The average Bonchev–Trinajstić information content (AvgIpc) is 3.53. The molecule has 8 nitrogen and oxygen atoms in total. The molecule has 0 bridgehead atoms. The van der Waals surface area contributed by atoms with Gasteiger partial charge in [-0.1, -0.05) is 30.3 Å². The van der Waals surface area contributed by atoms with E-state index in [0.717, 1.165) is 46.8 Å². The molecule has 1 aromatic carbocycles. The molecular weight excluding hydrogens is 424 g/mol. The van der Waals surface area contributed by atoms with E-state index < -0.39 is 0 Å². The predicted molar refractivity (Wildman–Crippen MR) is 125 cm³/mol. The fourth-order valence-electron chi connectivity index (χ4n) is 4.17. The van der Waals surface area contributed by atoms with E-state index in [-0.39, 0.29) is 24.7 Å². The van der Waals surface area contributed by atoms with Gasteiger partial charge in [-0.15, -0.1) is 11.3 Å². The van der Waals surface area contributed by atoms with Crippen LogP contribution in [-0.4, -0.2) is 70.1 Å². The third-order valence-corrected chi connectivity index (χ3v) is 6.74. The predicted octanol–water partition coefficient (Wildman–Crippen LogP) is 2.76. The molecule has 0 unspecified atom stereocenters. The van der Waals surface area contributed by atoms with Crippen LogP contribution in [0.1, 0.15) is 24.8 Å². The van der Waals surface area contributed by atoms with Gasteiger partial charge in [-0.2, -0.15) is 5.10 Å². The third-order valence-electron chi connectivity index (χ3n) is 5.92. The van der Waals surface area contributed by atoms with Crippen molar-refractivity contribution in [3.63, 3.8) is 0 Å². The van der Waals surface area contributed by atoms with Crippen LogP contribution in [0.5, 0.6) is 0 Å². The molecule has 2 aliphatic rings. The van der Waals surface area contributed by atoms with Gasteiger partial charge in [-0.3, -0.25) is 9.59 Å². The molecular formula is C23H24N6O2S. The number of hydrogen-bond acceptors (Lipinski definition) is 7. The number of hydrazone groups is 1. The summed E-state index contributed by atoms with van der Waals surface area (Å²) in [5.74, 6) is 0.858. The molecule has 9 heteroatoms. The largest absolute Gasteiger partial charge is 0.352 e. The second kappa shape index (κ2) is 9.04. The normalized spacial score (nSPS) is 16.5. The maximum absolute atomic E-state index is 12.7. The van der Waals surface area contributed by atoms with Crippen molar-refractivity contribution in [1.82, 2.24) is 19.9 Å². The van der Waals surface area contributed by atoms with Crippen LogP contribution in [0.4, 0.5) is 5.82 Å². The highest BCUT2D eigenvalue weighted by atomic mass is 32.1. The lowest BCUT2D eigenvalue weighted by molar-refractivity contribution is -0.137. The zero-order chi connectivity index (χ0) is 21.9. The number of thiophene rings is 1. The Morgan fingerprint density at radius 3 is 2.50 bits per heavy atom. The first-order valence-electron chi connectivity index (χ1n) is 10.8. The van der Waals surface area contributed by atoms with Crippen LogP contribution in [0.25, 0.3) is 10.2 Å². The molecule has 1 saturated heterocycles. The van der Waals surface area contributed by atoms with E-state index >= 15 is 0 Å². The molecule has 2 amide bonds. The second-order valence-corrected chi connectivity index (χ2v) is 8.78. The Bertz CT molecular complexity index is 1150. The van der Waals surface area contributed by atoms with Gasteiger partial charge in [0.05, 0.1) is 17.6 Å². The topological polar surface area (TPSA) is 82.0 Å². The lowest BCUT2D eigenvalue weighted by Gasteiger charge is -2.35. The molecule has 0 saturated carbocycles. The highest BCUT2D eigenvalue weighted by Crippen LogP contribution is 2.27. The van der Waals surface area contributed by atoms with Crippen molar-refractivity contribution in [2.45, 2.75) is 19.3 Å². The number of rotatable bonds is 5. The van der Waals surface area contributed by atoms with Crippen LogP contribution in [0.3, 0.4) is 0 Å². The van der Waals surface area contributed by atoms with Crippen LogP contribution in [0, 0.1) is 0 Å². The van der Waals surface area contributed by atoms with Gasteiger partial charge < -0.3 is 9.80 Å². The summed E-state index contributed by atoms with van der Waals surface area (Å²) in [6.45, 7) is 3.27. The number of carbonyl (C=O) groups is 2. The Morgan fingerprint density at radius 2 is 1.69 bits per heavy atom. The van der Waals surface area contributed by atoms with Gasteiger partial charge in [0.2, 0.25) is 11.8 Å². The molecule has 164 valence electrons. The third kappa shape index (κ3) is 4.20. The lowest BCUT2D eigenvalue weighted by Crippen LogP contribution is -2.49. The molecule has 3 aromatic rings. The van der Waals surface area contributed by atoms with Crippen molar-refractivity contribution in [1.29, 1.82) is 0 Å². The van der Waals surface area contributed by atoms with Crippen LogP contribution < -0.4 is 4.90 Å². The Morgan fingerprint density at radius 1 is 0.906 bits per heavy atom. The molecule has 1 fully saturated rings. The van der Waals surface area contributed by atoms with E-state index in [4.69, 9.17) is 0 Å². The summed E-state index contributed by atoms with van der Waals surface area (Å²) >= 11 is 1.60. The van der Waals surface area contributed by atoms with E-state index in [0.29, 0.717) is 19.6 Å². The number of carbonyl (C=O) groups excluding carboxylic acids is 2. The van der Waals surface area contributed by atoms with E-state index in [1.165, 1.54) is 5.01 Å². The van der Waals surface area contributed by atoms with Crippen LogP contribution in [-0.2, 0) is 9.59 Å². The highest BCUT2D eigenvalue weighted by Gasteiger charge is 2.26. The standard InChI is InChI=1S/C23H24N6O2S/c30-20(6-7-21(31)29-10-8-19(26-29)17-4-2-1-3-5-17)27-11-13-28(14-12-27)22-18-9-15-32-23(18)25-16-24-22/h1-5,9,15-16H,6-8,10-14H2. The molecule has 0 spiro atoms. The summed E-state index contributed by atoms with van der Waals surface area (Å²) in [4.78, 5) is 39.1. The molecule has 2 aromatic heterocycles. The molecule has 4 heterocycles. The van der Waals surface area contributed by atoms with Crippen LogP contribution in [0.2, 0.25) is 0 Å². The first-order chi connectivity index (χ1) is 15.7. The van der Waals surface area contributed by atoms with Gasteiger partial charge in [0.1, 0.15) is 17.0 Å². The summed E-state index contributed by atoms with van der Waals surface area (Å²) in [6, 6.07) is 11.9. The molecule has 0 aliphatic carbocycles. The van der Waals surface area contributed by atoms with Gasteiger partial charge in [-0.25, -0.2) is 15.0 Å². The van der Waals surface area contributed by atoms with E-state index in [1.54, 1.807) is 17.7 Å². The minimum Gasteiger partial charge on any atom is -0.352 e. The number of amides is 2. The number of anilines is 1. The molecule has 2 aliphatic heterocycles. The van der Waals surface area contributed by atoms with Crippen molar-refractivity contribution in [3.8, 4) is 0 Å². The Balaban J connectivity index is 1.12. The van der Waals surface area contributed by atoms with Gasteiger partial charge in [0.25, 0.3) is 0 Å². The van der Waals surface area contributed by atoms with Crippen molar-refractivity contribution in [3.05, 3.63) is 53.7 Å². The monoisotopic (exact) mass is 448 g/mol. The first-order valence-corrected chi connectivity index (χ1v) is 11.7. The second-order valence-electron chi connectivity index (χ2n) is 7.88. The summed E-state index contributed by atoms with van der Waals surface area (Å²) < 4.78 is 0. The molecule has 32 heavy (non-hydrogen) atoms. The average molecular weight is 449 g/mol. The molecule has 0 N–H and O–H groups in total. The molecule has 0 radical (unpaired) electrons. The summed E-state index contributed by atoms with van der Waals surface area (Å²) in [5.41, 5.74) is 1.96. The van der Waals surface area contributed by atoms with E-state index in [1.807, 2.05) is 46.7 Å². The number of nitrogens with zero attached hydrogens (tertiary/aromatic N) is 6. The summed E-state index contributed by atoms with van der Waals surface area (Å²) in [7, 11) is 0. The van der Waals surface area contributed by atoms with Gasteiger partial charge in [0.15, 0.2) is 0 Å². The zero-order valence-corrected chi connectivity index (χ0v) is 18.5. The quantitative estimate of drug-likeness (QED) is 0.600. The number of hydrogen-bond donors (Lipinski definition) is 0. The highest BCUT2D eigenvalue weighted by molar-refractivity contribution is 7.16. The number of aromatic nitrogens is 2. The van der Waals surface area contributed by atoms with Crippen LogP contribution in [0.15, 0.2) is 53.2 Å². The van der Waals surface area contributed by atoms with Crippen molar-refractivity contribution >= 4 is 44.9 Å². The van der Waals surface area contributed by atoms with Crippen molar-refractivity contribution in [2.75, 3.05) is 37.6 Å². The number of piperazine rings is 1.